The molecule has 2 aromatic rings. The molecule has 0 aliphatic carbocycles. The van der Waals surface area contributed by atoms with Crippen LogP contribution in [0.15, 0.2) is 30.3 Å². The lowest BCUT2D eigenvalue weighted by Crippen LogP contribution is -2.29. The molecule has 1 aliphatic heterocycles. The molecular weight excluding hydrogens is 324 g/mol. The Hall–Kier alpha value is -0.870. The van der Waals surface area contributed by atoms with Crippen molar-refractivity contribution in [1.29, 1.82) is 0 Å². The van der Waals surface area contributed by atoms with E-state index < -0.39 is 0 Å². The molecule has 4 heteroatoms. The molecule has 1 aromatic carbocycles. The highest BCUT2D eigenvalue weighted by Crippen LogP contribution is 2.38. The quantitative estimate of drug-likeness (QED) is 0.764. The van der Waals surface area contributed by atoms with Gasteiger partial charge in [-0.15, -0.1) is 11.3 Å². The van der Waals surface area contributed by atoms with Crippen LogP contribution in [-0.4, -0.2) is 36.5 Å². The van der Waals surface area contributed by atoms with Crippen LogP contribution in [0.25, 0.3) is 0 Å². The molecule has 0 amide bonds. The zero-order valence-corrected chi connectivity index (χ0v) is 15.8. The maximum absolute atomic E-state index is 6.06. The minimum atomic E-state index is 0.461. The molecule has 0 saturated carbocycles. The zero-order valence-electron chi connectivity index (χ0n) is 14.2. The van der Waals surface area contributed by atoms with Crippen LogP contribution < -0.4 is 0 Å². The number of thiophene rings is 1. The monoisotopic (exact) mass is 348 g/mol. The Labute approximate surface area is 148 Å². The van der Waals surface area contributed by atoms with Gasteiger partial charge in [-0.1, -0.05) is 37.6 Å². The minimum Gasteiger partial charge on any atom is -0.300 e. The van der Waals surface area contributed by atoms with E-state index in [2.05, 4.69) is 48.9 Å². The van der Waals surface area contributed by atoms with Gasteiger partial charge in [0.25, 0.3) is 0 Å². The smallest absolute Gasteiger partial charge is 0.0406 e. The molecule has 1 aliphatic rings. The Balaban J connectivity index is 1.90. The van der Waals surface area contributed by atoms with Gasteiger partial charge in [0.2, 0.25) is 0 Å². The maximum Gasteiger partial charge on any atom is 0.0406 e. The summed E-state index contributed by atoms with van der Waals surface area (Å²) >= 11 is 8.05. The standard InChI is InChI=1S/C19H25ClN2S/c1-4-22(5-2)11-16-10-17-18(12-21(3)13-19(17)23-16)14-6-8-15(20)9-7-14/h6-10,18H,4-5,11-13H2,1-3H3. The van der Waals surface area contributed by atoms with Crippen molar-refractivity contribution in [2.24, 2.45) is 0 Å². The molecule has 2 heterocycles. The van der Waals surface area contributed by atoms with Gasteiger partial charge in [-0.2, -0.15) is 0 Å². The van der Waals surface area contributed by atoms with E-state index in [1.54, 1.807) is 0 Å². The second-order valence-corrected chi connectivity index (χ2v) is 8.01. The van der Waals surface area contributed by atoms with Gasteiger partial charge in [0, 0.05) is 40.3 Å². The first-order valence-corrected chi connectivity index (χ1v) is 9.58. The molecule has 0 radical (unpaired) electrons. The summed E-state index contributed by atoms with van der Waals surface area (Å²) in [5.41, 5.74) is 2.90. The largest absolute Gasteiger partial charge is 0.300 e. The van der Waals surface area contributed by atoms with E-state index in [0.29, 0.717) is 5.92 Å². The predicted molar refractivity (Wildman–Crippen MR) is 101 cm³/mol. The van der Waals surface area contributed by atoms with Crippen molar-refractivity contribution in [3.8, 4) is 0 Å². The molecule has 1 unspecified atom stereocenters. The summed E-state index contributed by atoms with van der Waals surface area (Å²) in [7, 11) is 2.22. The number of fused-ring (bicyclic) bond motifs is 1. The Bertz CT molecular complexity index is 646. The number of likely N-dealkylation sites (N-methyl/N-ethyl adjacent to an activating group) is 1. The van der Waals surface area contributed by atoms with Crippen LogP contribution in [0, 0.1) is 0 Å². The van der Waals surface area contributed by atoms with Crippen LogP contribution in [0.2, 0.25) is 5.02 Å². The predicted octanol–water partition coefficient (Wildman–Crippen LogP) is 4.82. The summed E-state index contributed by atoms with van der Waals surface area (Å²) in [6.45, 7) is 9.92. The summed E-state index contributed by atoms with van der Waals surface area (Å²) in [5, 5.41) is 0.811. The lowest BCUT2D eigenvalue weighted by molar-refractivity contribution is 0.297. The van der Waals surface area contributed by atoms with E-state index in [-0.39, 0.29) is 0 Å². The molecule has 0 saturated heterocycles. The molecule has 1 atom stereocenters. The molecule has 23 heavy (non-hydrogen) atoms. The molecular formula is C19H25ClN2S. The number of hydrogen-bond acceptors (Lipinski definition) is 3. The Morgan fingerprint density at radius 3 is 2.57 bits per heavy atom. The molecule has 1 aromatic heterocycles. The summed E-state index contributed by atoms with van der Waals surface area (Å²) < 4.78 is 0. The fourth-order valence-electron chi connectivity index (χ4n) is 3.36. The average Bonchev–Trinajstić information content (AvgIpc) is 2.94. The zero-order chi connectivity index (χ0) is 16.4. The summed E-state index contributed by atoms with van der Waals surface area (Å²) in [6.07, 6.45) is 0. The Kier molecular flexibility index (Phi) is 5.42. The van der Waals surface area contributed by atoms with Crippen LogP contribution >= 0.6 is 22.9 Å². The van der Waals surface area contributed by atoms with Gasteiger partial charge >= 0.3 is 0 Å². The topological polar surface area (TPSA) is 6.48 Å². The summed E-state index contributed by atoms with van der Waals surface area (Å²) in [6, 6.07) is 10.8. The van der Waals surface area contributed by atoms with Crippen LogP contribution in [0.3, 0.4) is 0 Å². The van der Waals surface area contributed by atoms with Crippen LogP contribution in [0.1, 0.15) is 40.6 Å². The molecule has 0 N–H and O–H groups in total. The van der Waals surface area contributed by atoms with E-state index in [0.717, 1.165) is 37.7 Å². The van der Waals surface area contributed by atoms with Crippen LogP contribution in [0.5, 0.6) is 0 Å². The molecule has 0 fully saturated rings. The molecule has 2 nitrogen and oxygen atoms in total. The van der Waals surface area contributed by atoms with Crippen molar-refractivity contribution in [3.63, 3.8) is 0 Å². The number of halogens is 1. The van der Waals surface area contributed by atoms with Crippen LogP contribution in [0.4, 0.5) is 0 Å². The van der Waals surface area contributed by atoms with Gasteiger partial charge in [0.15, 0.2) is 0 Å². The van der Waals surface area contributed by atoms with E-state index in [4.69, 9.17) is 11.6 Å². The number of hydrogen-bond donors (Lipinski definition) is 0. The van der Waals surface area contributed by atoms with E-state index in [9.17, 15) is 0 Å². The number of rotatable bonds is 5. The van der Waals surface area contributed by atoms with E-state index in [1.807, 2.05) is 23.5 Å². The molecule has 3 rings (SSSR count). The summed E-state index contributed by atoms with van der Waals surface area (Å²) in [5.74, 6) is 0.461. The fourth-order valence-corrected chi connectivity index (χ4v) is 4.84. The number of benzene rings is 1. The second-order valence-electron chi connectivity index (χ2n) is 6.35. The van der Waals surface area contributed by atoms with Crippen molar-refractivity contribution in [2.45, 2.75) is 32.9 Å². The Morgan fingerprint density at radius 2 is 1.91 bits per heavy atom. The highest BCUT2D eigenvalue weighted by molar-refractivity contribution is 7.12. The maximum atomic E-state index is 6.06. The molecule has 124 valence electrons. The van der Waals surface area contributed by atoms with Gasteiger partial charge in [0.05, 0.1) is 0 Å². The van der Waals surface area contributed by atoms with Crippen molar-refractivity contribution in [1.82, 2.24) is 9.80 Å². The normalized spacial score (nSPS) is 18.4. The van der Waals surface area contributed by atoms with Gasteiger partial charge in [-0.05, 0) is 49.5 Å². The van der Waals surface area contributed by atoms with Crippen molar-refractivity contribution in [3.05, 3.63) is 56.2 Å². The van der Waals surface area contributed by atoms with Crippen molar-refractivity contribution < 1.29 is 0 Å². The average molecular weight is 349 g/mol. The highest BCUT2D eigenvalue weighted by atomic mass is 35.5. The first-order valence-electron chi connectivity index (χ1n) is 8.38. The lowest BCUT2D eigenvalue weighted by Gasteiger charge is -2.30. The third kappa shape index (κ3) is 3.80. The van der Waals surface area contributed by atoms with E-state index >= 15 is 0 Å². The van der Waals surface area contributed by atoms with Crippen molar-refractivity contribution in [2.75, 3.05) is 26.7 Å². The minimum absolute atomic E-state index is 0.461. The molecule has 0 spiro atoms. The Morgan fingerprint density at radius 1 is 1.22 bits per heavy atom. The fraction of sp³-hybridized carbons (Fsp3) is 0.474. The first kappa shape index (κ1) is 17.0. The van der Waals surface area contributed by atoms with Gasteiger partial charge in [0.1, 0.15) is 0 Å². The SMILES string of the molecule is CCN(CC)Cc1cc2c(s1)CN(C)CC2c1ccc(Cl)cc1. The van der Waals surface area contributed by atoms with Gasteiger partial charge in [-0.25, -0.2) is 0 Å². The first-order chi connectivity index (χ1) is 11.1. The third-order valence-electron chi connectivity index (χ3n) is 4.72. The third-order valence-corrected chi connectivity index (χ3v) is 6.09. The van der Waals surface area contributed by atoms with Crippen molar-refractivity contribution >= 4 is 22.9 Å². The van der Waals surface area contributed by atoms with Gasteiger partial charge < -0.3 is 4.90 Å². The van der Waals surface area contributed by atoms with Gasteiger partial charge in [-0.3, -0.25) is 4.90 Å². The lowest BCUT2D eigenvalue weighted by atomic mass is 9.88. The second kappa shape index (κ2) is 7.35. The summed E-state index contributed by atoms with van der Waals surface area (Å²) in [4.78, 5) is 7.94. The van der Waals surface area contributed by atoms with Crippen LogP contribution in [-0.2, 0) is 13.1 Å². The number of nitrogens with zero attached hydrogens (tertiary/aromatic N) is 2. The molecule has 0 bridgehead atoms. The van der Waals surface area contributed by atoms with E-state index in [1.165, 1.54) is 20.9 Å². The highest BCUT2D eigenvalue weighted by Gasteiger charge is 2.27.